The molecule has 0 N–H and O–H groups in total. The minimum atomic E-state index is -1.08. The van der Waals surface area contributed by atoms with Gasteiger partial charge in [0.1, 0.15) is 5.50 Å². The van der Waals surface area contributed by atoms with Crippen LogP contribution in [-0.4, -0.2) is 22.9 Å². The van der Waals surface area contributed by atoms with Gasteiger partial charge in [0.15, 0.2) is 5.54 Å². The number of halogens is 1. The highest BCUT2D eigenvalue weighted by Gasteiger charge is 2.56. The number of anilines is 1. The zero-order chi connectivity index (χ0) is 14.5. The van der Waals surface area contributed by atoms with Crippen LogP contribution in [0.5, 0.6) is 0 Å². The first-order valence-corrected chi connectivity index (χ1v) is 6.87. The van der Waals surface area contributed by atoms with Gasteiger partial charge in [-0.3, -0.25) is 9.59 Å². The lowest BCUT2D eigenvalue weighted by molar-refractivity contribution is -0.122. The smallest absolute Gasteiger partial charge is 0.264 e. The van der Waals surface area contributed by atoms with Gasteiger partial charge in [-0.15, -0.1) is 0 Å². The van der Waals surface area contributed by atoms with Crippen molar-refractivity contribution in [2.75, 3.05) is 4.90 Å². The summed E-state index contributed by atoms with van der Waals surface area (Å²) in [5.41, 5.74) is 1.14. The van der Waals surface area contributed by atoms with Gasteiger partial charge in [0.25, 0.3) is 5.91 Å². The Labute approximate surface area is 121 Å². The minimum Gasteiger partial charge on any atom is -0.274 e. The fourth-order valence-electron chi connectivity index (χ4n) is 2.62. The molecule has 104 valence electrons. The van der Waals surface area contributed by atoms with Crippen LogP contribution in [0.1, 0.15) is 24.0 Å². The molecule has 5 nitrogen and oxygen atoms in total. The van der Waals surface area contributed by atoms with Crippen LogP contribution in [0.2, 0.25) is 0 Å². The zero-order valence-electron chi connectivity index (χ0n) is 11.3. The van der Waals surface area contributed by atoms with Gasteiger partial charge in [0.2, 0.25) is 5.91 Å². The van der Waals surface area contributed by atoms with Crippen molar-refractivity contribution >= 4 is 29.1 Å². The Hall–Kier alpha value is -1.75. The summed E-state index contributed by atoms with van der Waals surface area (Å²) < 4.78 is 0. The number of carbonyl (C=O) groups is 2. The molecule has 0 unspecified atom stereocenters. The van der Waals surface area contributed by atoms with Gasteiger partial charge >= 0.3 is 0 Å². The molecule has 0 aromatic heterocycles. The molecule has 2 amide bonds. The van der Waals surface area contributed by atoms with E-state index in [4.69, 9.17) is 11.6 Å². The predicted molar refractivity (Wildman–Crippen MR) is 74.9 cm³/mol. The second kappa shape index (κ2) is 4.38. The predicted octanol–water partition coefficient (Wildman–Crippen LogP) is 2.73. The number of imide groups is 1. The molecule has 2 aliphatic rings. The van der Waals surface area contributed by atoms with E-state index in [1.807, 2.05) is 26.0 Å². The third-order valence-electron chi connectivity index (χ3n) is 3.92. The molecule has 1 aromatic carbocycles. The van der Waals surface area contributed by atoms with E-state index in [0.29, 0.717) is 12.1 Å². The topological polar surface area (TPSA) is 62.1 Å². The standard InChI is InChI=1S/C14H14ClN3O2/c1-8-3-4-10(5-9(8)2)18-12(19)7-14(13(18)20)6-11(15)16-17-14/h3-5,11H,6-7H2,1-2H3/t11-,14-/m1/s1. The number of amides is 2. The lowest BCUT2D eigenvalue weighted by Crippen LogP contribution is -2.38. The minimum absolute atomic E-state index is 0.0471. The van der Waals surface area contributed by atoms with Gasteiger partial charge in [-0.05, 0) is 37.1 Å². The summed E-state index contributed by atoms with van der Waals surface area (Å²) in [6, 6.07) is 5.52. The van der Waals surface area contributed by atoms with Crippen molar-refractivity contribution in [3.05, 3.63) is 29.3 Å². The summed E-state index contributed by atoms with van der Waals surface area (Å²) in [6.07, 6.45) is 0.339. The first-order valence-electron chi connectivity index (χ1n) is 6.44. The highest BCUT2D eigenvalue weighted by Crippen LogP contribution is 2.40. The van der Waals surface area contributed by atoms with Gasteiger partial charge in [-0.2, -0.15) is 10.2 Å². The molecule has 0 saturated carbocycles. The number of alkyl halides is 1. The Morgan fingerprint density at radius 3 is 2.65 bits per heavy atom. The van der Waals surface area contributed by atoms with E-state index in [2.05, 4.69) is 10.2 Å². The molecular weight excluding hydrogens is 278 g/mol. The van der Waals surface area contributed by atoms with Crippen LogP contribution in [0.4, 0.5) is 5.69 Å². The molecule has 3 rings (SSSR count). The molecule has 0 aliphatic carbocycles. The Balaban J connectivity index is 1.99. The molecule has 2 atom stereocenters. The van der Waals surface area contributed by atoms with E-state index in [9.17, 15) is 9.59 Å². The molecule has 1 saturated heterocycles. The van der Waals surface area contributed by atoms with Crippen molar-refractivity contribution in [2.45, 2.75) is 37.7 Å². The molecule has 20 heavy (non-hydrogen) atoms. The normalized spacial score (nSPS) is 28.9. The highest BCUT2D eigenvalue weighted by atomic mass is 35.5. The molecule has 0 bridgehead atoms. The first-order chi connectivity index (χ1) is 9.43. The van der Waals surface area contributed by atoms with Crippen LogP contribution in [-0.2, 0) is 9.59 Å². The number of azo groups is 1. The third-order valence-corrected chi connectivity index (χ3v) is 4.17. The maximum Gasteiger partial charge on any atom is 0.264 e. The molecule has 2 aliphatic heterocycles. The molecule has 1 spiro atoms. The fraction of sp³-hybridized carbons (Fsp3) is 0.429. The molecular formula is C14H14ClN3O2. The molecule has 6 heteroatoms. The summed E-state index contributed by atoms with van der Waals surface area (Å²) in [4.78, 5) is 26.0. The van der Waals surface area contributed by atoms with Gasteiger partial charge in [0.05, 0.1) is 12.1 Å². The lowest BCUT2D eigenvalue weighted by Gasteiger charge is -2.18. The van der Waals surface area contributed by atoms with Crippen molar-refractivity contribution < 1.29 is 9.59 Å². The van der Waals surface area contributed by atoms with Gasteiger partial charge in [0, 0.05) is 6.42 Å². The number of aryl methyl sites for hydroxylation is 2. The van der Waals surface area contributed by atoms with Crippen molar-refractivity contribution in [1.82, 2.24) is 0 Å². The van der Waals surface area contributed by atoms with E-state index in [1.165, 1.54) is 4.90 Å². The van der Waals surface area contributed by atoms with Gasteiger partial charge in [-0.25, -0.2) is 4.90 Å². The summed E-state index contributed by atoms with van der Waals surface area (Å²) >= 11 is 5.89. The van der Waals surface area contributed by atoms with Crippen LogP contribution in [0.15, 0.2) is 28.4 Å². The monoisotopic (exact) mass is 291 g/mol. The Bertz CT molecular complexity index is 643. The SMILES string of the molecule is Cc1ccc(N2C(=O)C[C@]3(C[C@H](Cl)N=N3)C2=O)cc1C. The number of nitrogens with zero attached hydrogens (tertiary/aromatic N) is 3. The fourth-order valence-corrected chi connectivity index (χ4v) is 2.92. The van der Waals surface area contributed by atoms with Crippen LogP contribution in [0, 0.1) is 13.8 Å². The van der Waals surface area contributed by atoms with Gasteiger partial charge < -0.3 is 0 Å². The van der Waals surface area contributed by atoms with Crippen LogP contribution >= 0.6 is 11.6 Å². The van der Waals surface area contributed by atoms with Gasteiger partial charge in [-0.1, -0.05) is 17.7 Å². The van der Waals surface area contributed by atoms with Crippen LogP contribution < -0.4 is 4.90 Å². The number of carbonyl (C=O) groups excluding carboxylic acids is 2. The molecule has 0 radical (unpaired) electrons. The number of benzene rings is 1. The second-order valence-electron chi connectivity index (χ2n) is 5.37. The van der Waals surface area contributed by atoms with E-state index >= 15 is 0 Å². The number of hydrogen-bond donors (Lipinski definition) is 0. The van der Waals surface area contributed by atoms with E-state index in [1.54, 1.807) is 6.07 Å². The average molecular weight is 292 g/mol. The summed E-state index contributed by atoms with van der Waals surface area (Å²) in [7, 11) is 0. The van der Waals surface area contributed by atoms with Crippen molar-refractivity contribution in [2.24, 2.45) is 10.2 Å². The van der Waals surface area contributed by atoms with Crippen molar-refractivity contribution in [1.29, 1.82) is 0 Å². The molecule has 1 fully saturated rings. The summed E-state index contributed by atoms with van der Waals surface area (Å²) in [5.74, 6) is -0.569. The highest BCUT2D eigenvalue weighted by molar-refractivity contribution is 6.26. The van der Waals surface area contributed by atoms with Crippen molar-refractivity contribution in [3.63, 3.8) is 0 Å². The Morgan fingerprint density at radius 2 is 2.05 bits per heavy atom. The quantitative estimate of drug-likeness (QED) is 0.454. The van der Waals surface area contributed by atoms with E-state index in [0.717, 1.165) is 11.1 Å². The number of hydrogen-bond acceptors (Lipinski definition) is 4. The largest absolute Gasteiger partial charge is 0.274 e. The zero-order valence-corrected chi connectivity index (χ0v) is 12.0. The molecule has 1 aromatic rings. The van der Waals surface area contributed by atoms with E-state index < -0.39 is 11.0 Å². The third kappa shape index (κ3) is 1.85. The Morgan fingerprint density at radius 1 is 1.30 bits per heavy atom. The Kier molecular flexibility index (Phi) is 2.90. The number of rotatable bonds is 1. The maximum atomic E-state index is 12.6. The first kappa shape index (κ1) is 13.2. The van der Waals surface area contributed by atoms with Crippen molar-refractivity contribution in [3.8, 4) is 0 Å². The summed E-state index contributed by atoms with van der Waals surface area (Å²) in [6.45, 7) is 3.93. The summed E-state index contributed by atoms with van der Waals surface area (Å²) in [5, 5.41) is 7.78. The van der Waals surface area contributed by atoms with Crippen LogP contribution in [0.3, 0.4) is 0 Å². The second-order valence-corrected chi connectivity index (χ2v) is 5.87. The maximum absolute atomic E-state index is 12.6. The average Bonchev–Trinajstić information content (AvgIpc) is 2.86. The van der Waals surface area contributed by atoms with Crippen LogP contribution in [0.25, 0.3) is 0 Å². The lowest BCUT2D eigenvalue weighted by atomic mass is 9.95. The van der Waals surface area contributed by atoms with E-state index in [-0.39, 0.29) is 18.2 Å². The molecule has 2 heterocycles.